The number of hydrogen-bond donors (Lipinski definition) is 2. The normalized spacial score (nSPS) is 20.6. The van der Waals surface area contributed by atoms with E-state index in [2.05, 4.69) is 22.8 Å². The molecule has 0 aromatic heterocycles. The third-order valence-electron chi connectivity index (χ3n) is 3.34. The Balaban J connectivity index is 1.78. The summed E-state index contributed by atoms with van der Waals surface area (Å²) in [6.07, 6.45) is 4.21. The predicted molar refractivity (Wildman–Crippen MR) is 70.2 cm³/mol. The lowest BCUT2D eigenvalue weighted by atomic mass is 10.1. The number of fused-ring (bicyclic) bond motifs is 2. The molecule has 0 bridgehead atoms. The fourth-order valence-corrected chi connectivity index (χ4v) is 3.51. The Morgan fingerprint density at radius 1 is 1.47 bits per heavy atom. The monoisotopic (exact) mass is 248 g/mol. The van der Waals surface area contributed by atoms with Gasteiger partial charge in [-0.3, -0.25) is 4.79 Å². The van der Waals surface area contributed by atoms with Crippen molar-refractivity contribution in [1.82, 2.24) is 5.32 Å². The van der Waals surface area contributed by atoms with Gasteiger partial charge in [0.15, 0.2) is 5.50 Å². The summed E-state index contributed by atoms with van der Waals surface area (Å²) in [6, 6.07) is 4.54. The van der Waals surface area contributed by atoms with Crippen molar-refractivity contribution in [1.29, 1.82) is 0 Å². The van der Waals surface area contributed by atoms with E-state index in [1.165, 1.54) is 41.0 Å². The third kappa shape index (κ3) is 2.02. The van der Waals surface area contributed by atoms with E-state index >= 15 is 0 Å². The molecule has 0 saturated heterocycles. The van der Waals surface area contributed by atoms with Crippen LogP contribution in [0.5, 0.6) is 0 Å². The van der Waals surface area contributed by atoms with E-state index in [4.69, 9.17) is 0 Å². The highest BCUT2D eigenvalue weighted by molar-refractivity contribution is 8.00. The smallest absolute Gasteiger partial charge is 0.221 e. The van der Waals surface area contributed by atoms with Crippen LogP contribution in [0.1, 0.15) is 30.9 Å². The van der Waals surface area contributed by atoms with Crippen LogP contribution >= 0.6 is 11.8 Å². The molecule has 0 radical (unpaired) electrons. The van der Waals surface area contributed by atoms with E-state index < -0.39 is 0 Å². The summed E-state index contributed by atoms with van der Waals surface area (Å²) in [5.74, 6) is 0.0929. The highest BCUT2D eigenvalue weighted by Gasteiger charge is 2.25. The number of carbonyl (C=O) groups is 1. The van der Waals surface area contributed by atoms with E-state index in [0.717, 1.165) is 0 Å². The number of aryl methyl sites for hydroxylation is 2. The van der Waals surface area contributed by atoms with Gasteiger partial charge in [0.1, 0.15) is 0 Å². The lowest BCUT2D eigenvalue weighted by Crippen LogP contribution is -2.35. The standard InChI is InChI=1S/C13H16N2OS/c1-2-12(16)15-13-14-10-6-8-4-3-5-9(8)7-11(10)17-13/h6-7,13-14H,2-5H2,1H3,(H,15,16). The van der Waals surface area contributed by atoms with Gasteiger partial charge in [-0.2, -0.15) is 0 Å². The maximum absolute atomic E-state index is 11.4. The van der Waals surface area contributed by atoms with Crippen LogP contribution in [-0.4, -0.2) is 11.4 Å². The molecule has 1 heterocycles. The van der Waals surface area contributed by atoms with Gasteiger partial charge >= 0.3 is 0 Å². The van der Waals surface area contributed by atoms with Gasteiger partial charge in [-0.1, -0.05) is 18.7 Å². The first-order valence-electron chi connectivity index (χ1n) is 6.14. The van der Waals surface area contributed by atoms with E-state index in [1.807, 2.05) is 6.92 Å². The summed E-state index contributed by atoms with van der Waals surface area (Å²) >= 11 is 1.70. The number of amides is 1. The molecule has 90 valence electrons. The van der Waals surface area contributed by atoms with Gasteiger partial charge in [-0.15, -0.1) is 0 Å². The molecule has 1 unspecified atom stereocenters. The average molecular weight is 248 g/mol. The molecule has 2 N–H and O–H groups in total. The van der Waals surface area contributed by atoms with E-state index in [9.17, 15) is 4.79 Å². The fraction of sp³-hybridized carbons (Fsp3) is 0.462. The molecule has 2 aliphatic rings. The minimum absolute atomic E-state index is 0.0000217. The van der Waals surface area contributed by atoms with Gasteiger partial charge in [-0.25, -0.2) is 0 Å². The van der Waals surface area contributed by atoms with Crippen molar-refractivity contribution in [2.24, 2.45) is 0 Å². The first-order chi connectivity index (χ1) is 8.26. The number of rotatable bonds is 2. The van der Waals surface area contributed by atoms with Crippen LogP contribution in [0.4, 0.5) is 5.69 Å². The molecule has 3 rings (SSSR count). The van der Waals surface area contributed by atoms with Crippen molar-refractivity contribution in [3.63, 3.8) is 0 Å². The second-order valence-electron chi connectivity index (χ2n) is 4.53. The topological polar surface area (TPSA) is 41.1 Å². The van der Waals surface area contributed by atoms with Crippen LogP contribution in [-0.2, 0) is 17.6 Å². The molecular weight excluding hydrogens is 232 g/mol. The summed E-state index contributed by atoms with van der Waals surface area (Å²) in [5, 5.41) is 6.32. The number of thioether (sulfide) groups is 1. The number of nitrogens with one attached hydrogen (secondary N) is 2. The molecule has 17 heavy (non-hydrogen) atoms. The Labute approximate surface area is 105 Å². The molecule has 0 fully saturated rings. The van der Waals surface area contributed by atoms with Crippen LogP contribution in [0.25, 0.3) is 0 Å². The van der Waals surface area contributed by atoms with Crippen molar-refractivity contribution in [2.75, 3.05) is 5.32 Å². The second-order valence-corrected chi connectivity index (χ2v) is 5.68. The molecule has 4 heteroatoms. The van der Waals surface area contributed by atoms with Gasteiger partial charge in [0.05, 0.1) is 5.69 Å². The molecule has 3 nitrogen and oxygen atoms in total. The summed E-state index contributed by atoms with van der Waals surface area (Å²) in [5.41, 5.74) is 4.14. The molecule has 0 spiro atoms. The van der Waals surface area contributed by atoms with Gasteiger partial charge in [0.25, 0.3) is 0 Å². The molecular formula is C13H16N2OS. The van der Waals surface area contributed by atoms with Crippen LogP contribution in [0.3, 0.4) is 0 Å². The lowest BCUT2D eigenvalue weighted by Gasteiger charge is -2.11. The Hall–Kier alpha value is -1.16. The van der Waals surface area contributed by atoms with Crippen molar-refractivity contribution in [3.05, 3.63) is 23.3 Å². The van der Waals surface area contributed by atoms with Crippen LogP contribution in [0, 0.1) is 0 Å². The van der Waals surface area contributed by atoms with Gasteiger partial charge in [0, 0.05) is 11.3 Å². The molecule has 1 aromatic rings. The number of benzene rings is 1. The van der Waals surface area contributed by atoms with E-state index in [1.54, 1.807) is 11.8 Å². The van der Waals surface area contributed by atoms with E-state index in [0.29, 0.717) is 6.42 Å². The lowest BCUT2D eigenvalue weighted by molar-refractivity contribution is -0.120. The summed E-state index contributed by atoms with van der Waals surface area (Å²) in [4.78, 5) is 12.6. The molecule has 1 aliphatic heterocycles. The van der Waals surface area contributed by atoms with Crippen molar-refractivity contribution in [3.8, 4) is 0 Å². The Kier molecular flexibility index (Phi) is 2.74. The minimum atomic E-state index is -0.0000217. The van der Waals surface area contributed by atoms with Crippen molar-refractivity contribution < 1.29 is 4.79 Å². The third-order valence-corrected chi connectivity index (χ3v) is 4.40. The molecule has 0 saturated carbocycles. The van der Waals surface area contributed by atoms with Crippen LogP contribution in [0.15, 0.2) is 17.0 Å². The average Bonchev–Trinajstić information content (AvgIpc) is 2.90. The zero-order chi connectivity index (χ0) is 11.8. The predicted octanol–water partition coefficient (Wildman–Crippen LogP) is 2.50. The van der Waals surface area contributed by atoms with Crippen molar-refractivity contribution in [2.45, 2.75) is 43.0 Å². The molecule has 1 atom stereocenters. The second kappa shape index (κ2) is 4.26. The highest BCUT2D eigenvalue weighted by atomic mass is 32.2. The summed E-state index contributed by atoms with van der Waals surface area (Å²) in [7, 11) is 0. The SMILES string of the molecule is CCC(=O)NC1Nc2cc3c(cc2S1)CCC3. The number of carbonyl (C=O) groups excluding carboxylic acids is 1. The van der Waals surface area contributed by atoms with Crippen molar-refractivity contribution >= 4 is 23.4 Å². The first kappa shape index (κ1) is 11.0. The zero-order valence-electron chi connectivity index (χ0n) is 9.88. The molecule has 1 aromatic carbocycles. The zero-order valence-corrected chi connectivity index (χ0v) is 10.7. The maximum atomic E-state index is 11.4. The van der Waals surface area contributed by atoms with Gasteiger partial charge in [-0.05, 0) is 42.5 Å². The number of hydrogen-bond acceptors (Lipinski definition) is 3. The quantitative estimate of drug-likeness (QED) is 0.845. The Bertz CT molecular complexity index is 440. The Morgan fingerprint density at radius 3 is 3.00 bits per heavy atom. The number of anilines is 1. The minimum Gasteiger partial charge on any atom is -0.356 e. The maximum Gasteiger partial charge on any atom is 0.221 e. The first-order valence-corrected chi connectivity index (χ1v) is 7.02. The molecule has 1 amide bonds. The van der Waals surface area contributed by atoms with Crippen LogP contribution < -0.4 is 10.6 Å². The largest absolute Gasteiger partial charge is 0.356 e. The highest BCUT2D eigenvalue weighted by Crippen LogP contribution is 2.41. The van der Waals surface area contributed by atoms with Crippen LogP contribution in [0.2, 0.25) is 0 Å². The summed E-state index contributed by atoms with van der Waals surface area (Å²) in [6.45, 7) is 1.87. The van der Waals surface area contributed by atoms with Gasteiger partial charge in [0.2, 0.25) is 5.91 Å². The summed E-state index contributed by atoms with van der Waals surface area (Å²) < 4.78 is 0. The van der Waals surface area contributed by atoms with Gasteiger partial charge < -0.3 is 10.6 Å². The molecule has 1 aliphatic carbocycles. The van der Waals surface area contributed by atoms with E-state index in [-0.39, 0.29) is 11.4 Å². The fourth-order valence-electron chi connectivity index (χ4n) is 2.42. The Morgan fingerprint density at radius 2 is 2.24 bits per heavy atom.